The fourth-order valence-electron chi connectivity index (χ4n) is 2.12. The van der Waals surface area contributed by atoms with Crippen LogP contribution in [0.15, 0.2) is 42.6 Å². The summed E-state index contributed by atoms with van der Waals surface area (Å²) in [7, 11) is 0. The van der Waals surface area contributed by atoms with Gasteiger partial charge in [0.1, 0.15) is 0 Å². The van der Waals surface area contributed by atoms with Crippen molar-refractivity contribution >= 4 is 23.4 Å². The highest BCUT2D eigenvalue weighted by Crippen LogP contribution is 2.29. The summed E-state index contributed by atoms with van der Waals surface area (Å²) in [5, 5.41) is 0. The number of pyridine rings is 1. The van der Waals surface area contributed by atoms with Gasteiger partial charge in [0.25, 0.3) is 0 Å². The highest BCUT2D eigenvalue weighted by Gasteiger charge is 2.29. The van der Waals surface area contributed by atoms with E-state index in [1.807, 2.05) is 6.07 Å². The molecule has 0 amide bonds. The quantitative estimate of drug-likeness (QED) is 0.721. The molecule has 2 heterocycles. The topological polar surface area (TPSA) is 33.6 Å². The van der Waals surface area contributed by atoms with Crippen LogP contribution in [-0.4, -0.2) is 14.5 Å². The Morgan fingerprint density at radius 2 is 1.86 bits per heavy atom. The fraction of sp³-hybridized carbons (Fsp3) is 0.143. The number of nitrogens with one attached hydrogen (secondary N) is 1. The SMILES string of the molecule is FC(F)(F)c1ccc(Cn2c(=S)[nH]c3cccnc32)cc1. The molecule has 108 valence electrons. The number of aromatic amines is 1. The van der Waals surface area contributed by atoms with Gasteiger partial charge in [0.2, 0.25) is 0 Å². The van der Waals surface area contributed by atoms with E-state index >= 15 is 0 Å². The molecule has 3 aromatic rings. The maximum atomic E-state index is 12.5. The van der Waals surface area contributed by atoms with E-state index in [-0.39, 0.29) is 0 Å². The van der Waals surface area contributed by atoms with Gasteiger partial charge >= 0.3 is 6.18 Å². The summed E-state index contributed by atoms with van der Waals surface area (Å²) in [5.74, 6) is 0. The van der Waals surface area contributed by atoms with Crippen molar-refractivity contribution in [3.8, 4) is 0 Å². The van der Waals surface area contributed by atoms with Gasteiger partial charge in [-0.3, -0.25) is 4.57 Å². The zero-order chi connectivity index (χ0) is 15.0. The number of alkyl halides is 3. The first-order valence-corrected chi connectivity index (χ1v) is 6.55. The van der Waals surface area contributed by atoms with Crippen LogP contribution in [0.3, 0.4) is 0 Å². The van der Waals surface area contributed by atoms with Crippen molar-refractivity contribution in [2.24, 2.45) is 0 Å². The van der Waals surface area contributed by atoms with Crippen molar-refractivity contribution in [3.63, 3.8) is 0 Å². The molecule has 0 spiro atoms. The molecule has 0 atom stereocenters. The van der Waals surface area contributed by atoms with E-state index in [2.05, 4.69) is 9.97 Å². The Balaban J connectivity index is 1.96. The van der Waals surface area contributed by atoms with Crippen LogP contribution in [0.1, 0.15) is 11.1 Å². The molecule has 21 heavy (non-hydrogen) atoms. The first-order valence-electron chi connectivity index (χ1n) is 6.15. The Kier molecular flexibility index (Phi) is 3.29. The van der Waals surface area contributed by atoms with Gasteiger partial charge in [0.05, 0.1) is 17.6 Å². The van der Waals surface area contributed by atoms with Crippen LogP contribution >= 0.6 is 12.2 Å². The van der Waals surface area contributed by atoms with Crippen LogP contribution in [0.2, 0.25) is 0 Å². The zero-order valence-corrected chi connectivity index (χ0v) is 11.5. The predicted octanol–water partition coefficient (Wildman–Crippen LogP) is 4.16. The fourth-order valence-corrected chi connectivity index (χ4v) is 2.38. The third kappa shape index (κ3) is 2.69. The van der Waals surface area contributed by atoms with Crippen LogP contribution in [0.4, 0.5) is 13.2 Å². The van der Waals surface area contributed by atoms with Crippen LogP contribution in [0.25, 0.3) is 11.2 Å². The number of hydrogen-bond acceptors (Lipinski definition) is 2. The Hall–Kier alpha value is -2.15. The van der Waals surface area contributed by atoms with Crippen molar-refractivity contribution in [3.05, 3.63) is 58.5 Å². The molecule has 3 rings (SSSR count). The van der Waals surface area contributed by atoms with Crippen LogP contribution in [0.5, 0.6) is 0 Å². The van der Waals surface area contributed by atoms with Gasteiger partial charge in [-0.1, -0.05) is 12.1 Å². The average Bonchev–Trinajstić information content (AvgIpc) is 2.75. The number of aromatic nitrogens is 3. The summed E-state index contributed by atoms with van der Waals surface area (Å²) in [6.07, 6.45) is -2.68. The minimum Gasteiger partial charge on any atom is -0.329 e. The Bertz CT molecular complexity index is 831. The minimum absolute atomic E-state index is 0.369. The second kappa shape index (κ2) is 5.00. The van der Waals surface area contributed by atoms with Gasteiger partial charge in [-0.15, -0.1) is 0 Å². The molecule has 0 saturated heterocycles. The monoisotopic (exact) mass is 309 g/mol. The summed E-state index contributed by atoms with van der Waals surface area (Å²) >= 11 is 5.22. The molecule has 0 fully saturated rings. The molecule has 0 aliphatic carbocycles. The van der Waals surface area contributed by atoms with Gasteiger partial charge in [0, 0.05) is 6.20 Å². The first-order chi connectivity index (χ1) is 9.95. The minimum atomic E-state index is -4.32. The third-order valence-corrected chi connectivity index (χ3v) is 3.47. The molecule has 0 radical (unpaired) electrons. The van der Waals surface area contributed by atoms with E-state index in [9.17, 15) is 13.2 Å². The highest BCUT2D eigenvalue weighted by atomic mass is 32.1. The maximum absolute atomic E-state index is 12.5. The number of imidazole rings is 1. The summed E-state index contributed by atoms with van der Waals surface area (Å²) in [4.78, 5) is 7.26. The summed E-state index contributed by atoms with van der Waals surface area (Å²) in [6, 6.07) is 8.68. The largest absolute Gasteiger partial charge is 0.416 e. The maximum Gasteiger partial charge on any atom is 0.416 e. The molecule has 0 saturated carbocycles. The van der Waals surface area contributed by atoms with Crippen LogP contribution in [0, 0.1) is 4.77 Å². The van der Waals surface area contributed by atoms with Crippen LogP contribution in [-0.2, 0) is 12.7 Å². The van der Waals surface area contributed by atoms with E-state index < -0.39 is 11.7 Å². The summed E-state index contributed by atoms with van der Waals surface area (Å²) in [5.41, 5.74) is 1.55. The Morgan fingerprint density at radius 1 is 1.14 bits per heavy atom. The lowest BCUT2D eigenvalue weighted by atomic mass is 10.1. The average molecular weight is 309 g/mol. The molecule has 3 nitrogen and oxygen atoms in total. The van der Waals surface area contributed by atoms with Crippen molar-refractivity contribution in [1.82, 2.24) is 14.5 Å². The van der Waals surface area contributed by atoms with Gasteiger partial charge in [-0.25, -0.2) is 4.98 Å². The number of fused-ring (bicyclic) bond motifs is 1. The smallest absolute Gasteiger partial charge is 0.329 e. The number of benzene rings is 1. The highest BCUT2D eigenvalue weighted by molar-refractivity contribution is 7.71. The van der Waals surface area contributed by atoms with Gasteiger partial charge in [-0.05, 0) is 42.0 Å². The molecule has 0 aliphatic rings. The van der Waals surface area contributed by atoms with E-state index in [1.54, 1.807) is 16.8 Å². The molecule has 7 heteroatoms. The van der Waals surface area contributed by atoms with E-state index in [0.29, 0.717) is 17.0 Å². The number of nitrogens with zero attached hydrogens (tertiary/aromatic N) is 2. The van der Waals surface area contributed by atoms with Crippen molar-refractivity contribution in [2.75, 3.05) is 0 Å². The van der Waals surface area contributed by atoms with E-state index in [4.69, 9.17) is 12.2 Å². The standard InChI is InChI=1S/C14H10F3N3S/c15-14(16,17)10-5-3-9(4-6-10)8-20-12-11(19-13(20)21)2-1-7-18-12/h1-7H,8H2,(H,19,21). The molecule has 0 unspecified atom stereocenters. The molecule has 1 aromatic carbocycles. The number of halogens is 3. The second-order valence-electron chi connectivity index (χ2n) is 4.59. The van der Waals surface area contributed by atoms with E-state index in [1.165, 1.54) is 12.1 Å². The number of H-pyrrole nitrogens is 1. The van der Waals surface area contributed by atoms with Crippen LogP contribution < -0.4 is 0 Å². The first kappa shape index (κ1) is 13.8. The lowest BCUT2D eigenvalue weighted by molar-refractivity contribution is -0.137. The van der Waals surface area contributed by atoms with Gasteiger partial charge in [0.15, 0.2) is 10.4 Å². The summed E-state index contributed by atoms with van der Waals surface area (Å²) < 4.78 is 39.8. The van der Waals surface area contributed by atoms with Gasteiger partial charge < -0.3 is 4.98 Å². The molecule has 0 bridgehead atoms. The Labute approximate surface area is 123 Å². The van der Waals surface area contributed by atoms with Crippen molar-refractivity contribution < 1.29 is 13.2 Å². The Morgan fingerprint density at radius 3 is 2.52 bits per heavy atom. The van der Waals surface area contributed by atoms with Crippen molar-refractivity contribution in [1.29, 1.82) is 0 Å². The zero-order valence-electron chi connectivity index (χ0n) is 10.7. The lowest BCUT2D eigenvalue weighted by Gasteiger charge is -2.08. The normalized spacial score (nSPS) is 12.0. The third-order valence-electron chi connectivity index (χ3n) is 3.15. The molecule has 1 N–H and O–H groups in total. The van der Waals surface area contributed by atoms with Crippen molar-refractivity contribution in [2.45, 2.75) is 12.7 Å². The molecular formula is C14H10F3N3S. The number of rotatable bonds is 2. The lowest BCUT2D eigenvalue weighted by Crippen LogP contribution is -2.06. The number of hydrogen-bond donors (Lipinski definition) is 1. The van der Waals surface area contributed by atoms with Gasteiger partial charge in [-0.2, -0.15) is 13.2 Å². The molecule has 0 aliphatic heterocycles. The summed E-state index contributed by atoms with van der Waals surface area (Å²) in [6.45, 7) is 0.369. The van der Waals surface area contributed by atoms with E-state index in [0.717, 1.165) is 23.2 Å². The molecular weight excluding hydrogens is 299 g/mol. The second-order valence-corrected chi connectivity index (χ2v) is 4.97. The molecule has 2 aromatic heterocycles. The predicted molar refractivity (Wildman–Crippen MR) is 75.5 cm³/mol.